The molecule has 1 aromatic carbocycles. The van der Waals surface area contributed by atoms with Crippen molar-refractivity contribution < 1.29 is 8.42 Å². The van der Waals surface area contributed by atoms with Crippen molar-refractivity contribution >= 4 is 43.2 Å². The maximum absolute atomic E-state index is 12.9. The Morgan fingerprint density at radius 1 is 1.33 bits per heavy atom. The van der Waals surface area contributed by atoms with E-state index in [1.54, 1.807) is 0 Å². The average molecular weight is 398 g/mol. The molecule has 0 heterocycles. The van der Waals surface area contributed by atoms with Gasteiger partial charge in [-0.2, -0.15) is 4.31 Å². The molecule has 0 spiro atoms. The van der Waals surface area contributed by atoms with E-state index in [-0.39, 0.29) is 10.9 Å². The van der Waals surface area contributed by atoms with Gasteiger partial charge in [0.2, 0.25) is 10.0 Å². The van der Waals surface area contributed by atoms with E-state index in [4.69, 9.17) is 17.3 Å². The van der Waals surface area contributed by atoms with E-state index in [0.29, 0.717) is 21.7 Å². The molecule has 120 valence electrons. The lowest BCUT2D eigenvalue weighted by Gasteiger charge is -2.26. The Hall–Kier alpha value is -0.300. The number of unbranched alkanes of at least 4 members (excludes halogenated alkanes) is 2. The van der Waals surface area contributed by atoms with Crippen molar-refractivity contribution in [3.05, 3.63) is 21.6 Å². The zero-order chi connectivity index (χ0) is 16.2. The summed E-state index contributed by atoms with van der Waals surface area (Å²) in [5.41, 5.74) is 6.12. The predicted molar refractivity (Wildman–Crippen MR) is 92.1 cm³/mol. The van der Waals surface area contributed by atoms with E-state index in [1.165, 1.54) is 16.4 Å². The number of anilines is 1. The van der Waals surface area contributed by atoms with Gasteiger partial charge in [-0.15, -0.1) is 0 Å². The van der Waals surface area contributed by atoms with Crippen molar-refractivity contribution in [3.8, 4) is 0 Å². The van der Waals surface area contributed by atoms with Gasteiger partial charge >= 0.3 is 0 Å². The second-order valence-electron chi connectivity index (χ2n) is 5.22. The maximum atomic E-state index is 12.9. The van der Waals surface area contributed by atoms with E-state index in [0.717, 1.165) is 19.3 Å². The third kappa shape index (κ3) is 4.58. The summed E-state index contributed by atoms with van der Waals surface area (Å²) in [5, 5.41) is 0.312. The molecular weight excluding hydrogens is 376 g/mol. The quantitative estimate of drug-likeness (QED) is 0.552. The molecule has 0 aliphatic carbocycles. The van der Waals surface area contributed by atoms with Crippen LogP contribution in [0.5, 0.6) is 0 Å². The van der Waals surface area contributed by atoms with Crippen LogP contribution in [0.1, 0.15) is 40.0 Å². The standard InChI is InChI=1S/C14H22BrClN2O2S/c1-4-5-6-7-18(10(2)3)21(19,20)13-9-11(16)8-12(17)14(13)15/h8-10H,4-7,17H2,1-3H3. The fourth-order valence-corrected chi connectivity index (χ4v) is 5.00. The lowest BCUT2D eigenvalue weighted by Crippen LogP contribution is -2.38. The molecule has 1 rings (SSSR count). The van der Waals surface area contributed by atoms with E-state index >= 15 is 0 Å². The number of hydrogen-bond donors (Lipinski definition) is 1. The zero-order valence-electron chi connectivity index (χ0n) is 12.6. The average Bonchev–Trinajstić information content (AvgIpc) is 2.38. The Morgan fingerprint density at radius 3 is 2.48 bits per heavy atom. The predicted octanol–water partition coefficient (Wildman–Crippen LogP) is 4.27. The van der Waals surface area contributed by atoms with Crippen molar-refractivity contribution in [3.63, 3.8) is 0 Å². The number of benzene rings is 1. The molecule has 0 unspecified atom stereocenters. The van der Waals surface area contributed by atoms with E-state index in [9.17, 15) is 8.42 Å². The summed E-state index contributed by atoms with van der Waals surface area (Å²) in [4.78, 5) is 0.123. The van der Waals surface area contributed by atoms with Gasteiger partial charge < -0.3 is 5.73 Å². The lowest BCUT2D eigenvalue weighted by molar-refractivity contribution is 0.345. The molecule has 0 atom stereocenters. The molecule has 0 aliphatic heterocycles. The number of halogens is 2. The third-order valence-electron chi connectivity index (χ3n) is 3.18. The molecule has 0 saturated carbocycles. The van der Waals surface area contributed by atoms with Gasteiger partial charge in [-0.05, 0) is 48.3 Å². The minimum atomic E-state index is -3.63. The van der Waals surface area contributed by atoms with Gasteiger partial charge in [-0.3, -0.25) is 0 Å². The van der Waals surface area contributed by atoms with E-state index in [1.807, 2.05) is 13.8 Å². The number of nitrogen functional groups attached to an aromatic ring is 1. The molecule has 0 amide bonds. The van der Waals surface area contributed by atoms with Crippen LogP contribution in [0.25, 0.3) is 0 Å². The van der Waals surface area contributed by atoms with Crippen molar-refractivity contribution in [2.24, 2.45) is 0 Å². The fraction of sp³-hybridized carbons (Fsp3) is 0.571. The monoisotopic (exact) mass is 396 g/mol. The first kappa shape index (κ1) is 18.7. The minimum Gasteiger partial charge on any atom is -0.398 e. The van der Waals surface area contributed by atoms with Crippen LogP contribution in [0, 0.1) is 0 Å². The summed E-state index contributed by atoms with van der Waals surface area (Å²) < 4.78 is 27.6. The van der Waals surface area contributed by atoms with Crippen LogP contribution in [-0.4, -0.2) is 25.3 Å². The molecule has 7 heteroatoms. The maximum Gasteiger partial charge on any atom is 0.244 e. The van der Waals surface area contributed by atoms with Gasteiger partial charge in [-0.1, -0.05) is 31.4 Å². The van der Waals surface area contributed by atoms with Crippen molar-refractivity contribution in [2.45, 2.75) is 51.0 Å². The van der Waals surface area contributed by atoms with E-state index < -0.39 is 10.0 Å². The lowest BCUT2D eigenvalue weighted by atomic mass is 10.2. The Labute approximate surface area is 140 Å². The first-order valence-corrected chi connectivity index (χ1v) is 9.59. The molecule has 0 saturated heterocycles. The number of nitrogens with two attached hydrogens (primary N) is 1. The van der Waals surface area contributed by atoms with Crippen LogP contribution in [0.3, 0.4) is 0 Å². The molecule has 4 nitrogen and oxygen atoms in total. The largest absolute Gasteiger partial charge is 0.398 e. The number of rotatable bonds is 7. The highest BCUT2D eigenvalue weighted by atomic mass is 79.9. The van der Waals surface area contributed by atoms with Crippen molar-refractivity contribution in [1.29, 1.82) is 0 Å². The van der Waals surface area contributed by atoms with Crippen molar-refractivity contribution in [2.75, 3.05) is 12.3 Å². The second kappa shape index (κ2) is 7.81. The zero-order valence-corrected chi connectivity index (χ0v) is 15.7. The van der Waals surface area contributed by atoms with Gasteiger partial charge in [0.1, 0.15) is 0 Å². The smallest absolute Gasteiger partial charge is 0.244 e. The number of hydrogen-bond acceptors (Lipinski definition) is 3. The summed E-state index contributed by atoms with van der Waals surface area (Å²) in [6, 6.07) is 2.84. The van der Waals surface area contributed by atoms with Crippen LogP contribution in [-0.2, 0) is 10.0 Å². The molecule has 2 N–H and O–H groups in total. The van der Waals surface area contributed by atoms with Crippen molar-refractivity contribution in [1.82, 2.24) is 4.31 Å². The molecule has 0 aromatic heterocycles. The first-order valence-electron chi connectivity index (χ1n) is 6.98. The molecule has 21 heavy (non-hydrogen) atoms. The molecule has 1 aromatic rings. The van der Waals surface area contributed by atoms with Gasteiger partial charge in [0.25, 0.3) is 0 Å². The molecule has 0 radical (unpaired) electrons. The van der Waals surface area contributed by atoms with Gasteiger partial charge in [0, 0.05) is 23.3 Å². The van der Waals surface area contributed by atoms with Gasteiger partial charge in [-0.25, -0.2) is 8.42 Å². The van der Waals surface area contributed by atoms with Gasteiger partial charge in [0.15, 0.2) is 0 Å². The summed E-state index contributed by atoms with van der Waals surface area (Å²) >= 11 is 9.22. The van der Waals surface area contributed by atoms with Crippen LogP contribution in [0.4, 0.5) is 5.69 Å². The first-order chi connectivity index (χ1) is 9.71. The normalized spacial score (nSPS) is 12.3. The van der Waals surface area contributed by atoms with Gasteiger partial charge in [0.05, 0.1) is 9.37 Å². The Kier molecular flexibility index (Phi) is 6.97. The second-order valence-corrected chi connectivity index (χ2v) is 8.31. The Morgan fingerprint density at radius 2 is 1.95 bits per heavy atom. The number of nitrogens with zero attached hydrogens (tertiary/aromatic N) is 1. The molecular formula is C14H22BrClN2O2S. The van der Waals surface area contributed by atoms with Crippen LogP contribution >= 0.6 is 27.5 Å². The summed E-state index contributed by atoms with van der Waals surface area (Å²) in [7, 11) is -3.63. The highest BCUT2D eigenvalue weighted by Gasteiger charge is 2.29. The Balaban J connectivity index is 3.23. The summed E-state index contributed by atoms with van der Waals surface area (Å²) in [6.45, 7) is 6.31. The highest BCUT2D eigenvalue weighted by Crippen LogP contribution is 2.34. The molecule has 0 fully saturated rings. The third-order valence-corrected chi connectivity index (χ3v) is 6.64. The molecule has 0 bridgehead atoms. The molecule has 0 aliphatic rings. The SMILES string of the molecule is CCCCCN(C(C)C)S(=O)(=O)c1cc(Cl)cc(N)c1Br. The minimum absolute atomic E-state index is 0.123. The summed E-state index contributed by atoms with van der Waals surface area (Å²) in [6.07, 6.45) is 2.87. The van der Waals surface area contributed by atoms with E-state index in [2.05, 4.69) is 22.9 Å². The number of sulfonamides is 1. The topological polar surface area (TPSA) is 63.4 Å². The highest BCUT2D eigenvalue weighted by molar-refractivity contribution is 9.10. The summed E-state index contributed by atoms with van der Waals surface area (Å²) in [5.74, 6) is 0. The Bertz CT molecular complexity index is 591. The van der Waals surface area contributed by atoms with Crippen LogP contribution < -0.4 is 5.73 Å². The van der Waals surface area contributed by atoms with Crippen LogP contribution in [0.15, 0.2) is 21.5 Å². The van der Waals surface area contributed by atoms with Crippen LogP contribution in [0.2, 0.25) is 5.02 Å². The fourth-order valence-electron chi connectivity index (χ4n) is 2.07.